The van der Waals surface area contributed by atoms with Gasteiger partial charge in [0.15, 0.2) is 5.65 Å². The van der Waals surface area contributed by atoms with Crippen LogP contribution < -0.4 is 15.4 Å². The van der Waals surface area contributed by atoms with Gasteiger partial charge in [0, 0.05) is 24.7 Å². The minimum Gasteiger partial charge on any atom is -0.497 e. The molecule has 6 rings (SSSR count). The molecule has 0 saturated heterocycles. The lowest BCUT2D eigenvalue weighted by Gasteiger charge is -2.29. The molecule has 0 aliphatic carbocycles. The second kappa shape index (κ2) is 8.39. The van der Waals surface area contributed by atoms with Crippen molar-refractivity contribution >= 4 is 22.8 Å². The largest absolute Gasteiger partial charge is 0.497 e. The van der Waals surface area contributed by atoms with Gasteiger partial charge in [0.25, 0.3) is 0 Å². The van der Waals surface area contributed by atoms with Crippen LogP contribution in [0.1, 0.15) is 11.1 Å². The molecule has 0 spiro atoms. The van der Waals surface area contributed by atoms with Crippen LogP contribution in [0.3, 0.4) is 0 Å². The van der Waals surface area contributed by atoms with Gasteiger partial charge in [-0.05, 0) is 41.8 Å². The maximum Gasteiger partial charge on any atom is 0.228 e. The number of nitrogens with two attached hydrogens (primary N) is 1. The Morgan fingerprint density at radius 3 is 2.49 bits per heavy atom. The first-order chi connectivity index (χ1) is 17.1. The minimum absolute atomic E-state index is 0.316. The van der Waals surface area contributed by atoms with Crippen LogP contribution >= 0.6 is 0 Å². The predicted molar refractivity (Wildman–Crippen MR) is 134 cm³/mol. The summed E-state index contributed by atoms with van der Waals surface area (Å²) in [6.07, 6.45) is 0.879. The van der Waals surface area contributed by atoms with E-state index in [2.05, 4.69) is 23.1 Å². The average molecular weight is 467 g/mol. The molecule has 0 amide bonds. The van der Waals surface area contributed by atoms with Crippen LogP contribution in [0.25, 0.3) is 28.0 Å². The number of hydrogen-bond acceptors (Lipinski definition) is 6. The number of anilines is 2. The van der Waals surface area contributed by atoms with Gasteiger partial charge >= 0.3 is 0 Å². The first kappa shape index (κ1) is 21.1. The first-order valence-corrected chi connectivity index (χ1v) is 11.4. The molecule has 0 atom stereocenters. The standard InChI is InChI=1S/C27H23FN6O/c1-35-20-11-12-21(22(28)15-20)24-23-25(29)34(19-9-3-2-4-10-19)32-26(23)31-27(30-24)33-14-13-17-7-5-6-8-18(17)16-33/h2-12,15H,13-14,16,29H2,1H3. The number of ether oxygens (including phenoxy) is 1. The fourth-order valence-electron chi connectivity index (χ4n) is 4.58. The van der Waals surface area contributed by atoms with Gasteiger partial charge in [0.05, 0.1) is 23.9 Å². The number of rotatable bonds is 4. The van der Waals surface area contributed by atoms with E-state index in [0.717, 1.165) is 18.7 Å². The molecule has 1 aliphatic rings. The zero-order valence-corrected chi connectivity index (χ0v) is 19.1. The maximum absolute atomic E-state index is 15.3. The van der Waals surface area contributed by atoms with Crippen LogP contribution in [0, 0.1) is 5.82 Å². The molecule has 1 aliphatic heterocycles. The molecule has 174 valence electrons. The summed E-state index contributed by atoms with van der Waals surface area (Å²) in [6.45, 7) is 1.42. The molecule has 35 heavy (non-hydrogen) atoms. The first-order valence-electron chi connectivity index (χ1n) is 11.4. The molecule has 8 heteroatoms. The Labute approximate surface area is 201 Å². The van der Waals surface area contributed by atoms with E-state index in [1.165, 1.54) is 24.3 Å². The summed E-state index contributed by atoms with van der Waals surface area (Å²) in [7, 11) is 1.51. The van der Waals surface area contributed by atoms with E-state index in [9.17, 15) is 0 Å². The molecule has 7 nitrogen and oxygen atoms in total. The van der Waals surface area contributed by atoms with Gasteiger partial charge in [-0.2, -0.15) is 4.98 Å². The summed E-state index contributed by atoms with van der Waals surface area (Å²) in [5.74, 6) is 0.824. The molecule has 0 saturated carbocycles. The Morgan fingerprint density at radius 2 is 1.71 bits per heavy atom. The molecule has 2 aromatic heterocycles. The number of nitrogen functional groups attached to an aromatic ring is 1. The topological polar surface area (TPSA) is 82.1 Å². The van der Waals surface area contributed by atoms with Gasteiger partial charge in [-0.1, -0.05) is 42.5 Å². The number of methoxy groups -OCH3 is 1. The van der Waals surface area contributed by atoms with E-state index in [1.54, 1.807) is 16.8 Å². The highest BCUT2D eigenvalue weighted by atomic mass is 19.1. The third-order valence-electron chi connectivity index (χ3n) is 6.40. The fourth-order valence-corrected chi connectivity index (χ4v) is 4.58. The molecule has 0 bridgehead atoms. The molecule has 0 radical (unpaired) electrons. The Bertz CT molecular complexity index is 1550. The van der Waals surface area contributed by atoms with Crippen LogP contribution in [0.5, 0.6) is 5.75 Å². The normalized spacial score (nSPS) is 13.1. The van der Waals surface area contributed by atoms with Crippen molar-refractivity contribution in [3.8, 4) is 22.7 Å². The average Bonchev–Trinajstić information content (AvgIpc) is 3.24. The van der Waals surface area contributed by atoms with Gasteiger partial charge in [-0.3, -0.25) is 0 Å². The van der Waals surface area contributed by atoms with Crippen molar-refractivity contribution in [2.45, 2.75) is 13.0 Å². The highest BCUT2D eigenvalue weighted by Gasteiger charge is 2.25. The molecule has 3 heterocycles. The number of benzene rings is 3. The molecule has 0 fully saturated rings. The summed E-state index contributed by atoms with van der Waals surface area (Å²) in [5.41, 5.74) is 11.0. The van der Waals surface area contributed by atoms with Crippen molar-refractivity contribution in [2.75, 3.05) is 24.3 Å². The van der Waals surface area contributed by atoms with Crippen molar-refractivity contribution in [1.29, 1.82) is 0 Å². The number of halogens is 1. The molecular weight excluding hydrogens is 443 g/mol. The lowest BCUT2D eigenvalue weighted by molar-refractivity contribution is 0.411. The van der Waals surface area contributed by atoms with Gasteiger partial charge in [0.1, 0.15) is 17.4 Å². The van der Waals surface area contributed by atoms with Crippen molar-refractivity contribution < 1.29 is 9.13 Å². The SMILES string of the molecule is COc1ccc(-c2nc(N3CCc4ccccc4C3)nc3nn(-c4ccccc4)c(N)c23)c(F)c1. The van der Waals surface area contributed by atoms with Gasteiger partial charge in [-0.25, -0.2) is 14.1 Å². The van der Waals surface area contributed by atoms with E-state index >= 15 is 4.39 Å². The highest BCUT2D eigenvalue weighted by molar-refractivity contribution is 5.99. The zero-order chi connectivity index (χ0) is 23.9. The maximum atomic E-state index is 15.3. The zero-order valence-electron chi connectivity index (χ0n) is 19.1. The van der Waals surface area contributed by atoms with E-state index in [-0.39, 0.29) is 0 Å². The third kappa shape index (κ3) is 3.63. The Morgan fingerprint density at radius 1 is 0.943 bits per heavy atom. The van der Waals surface area contributed by atoms with E-state index in [4.69, 9.17) is 25.5 Å². The Balaban J connectivity index is 1.55. The van der Waals surface area contributed by atoms with Crippen LogP contribution in [-0.2, 0) is 13.0 Å². The van der Waals surface area contributed by atoms with Crippen molar-refractivity contribution in [3.63, 3.8) is 0 Å². The number of para-hydroxylation sites is 1. The van der Waals surface area contributed by atoms with Crippen molar-refractivity contribution in [2.24, 2.45) is 0 Å². The van der Waals surface area contributed by atoms with Crippen molar-refractivity contribution in [1.82, 2.24) is 19.7 Å². The monoisotopic (exact) mass is 466 g/mol. The van der Waals surface area contributed by atoms with Crippen LogP contribution in [0.2, 0.25) is 0 Å². The van der Waals surface area contributed by atoms with E-state index in [0.29, 0.717) is 46.4 Å². The second-order valence-corrected chi connectivity index (χ2v) is 8.49. The Kier molecular flexibility index (Phi) is 5.06. The van der Waals surface area contributed by atoms with E-state index < -0.39 is 5.82 Å². The molecule has 2 N–H and O–H groups in total. The Hall–Kier alpha value is -4.46. The lowest BCUT2D eigenvalue weighted by Crippen LogP contribution is -2.31. The van der Waals surface area contributed by atoms with Gasteiger partial charge < -0.3 is 15.4 Å². The molecule has 3 aromatic carbocycles. The summed E-state index contributed by atoms with van der Waals surface area (Å²) in [5, 5.41) is 5.21. The highest BCUT2D eigenvalue weighted by Crippen LogP contribution is 2.36. The summed E-state index contributed by atoms with van der Waals surface area (Å²) in [4.78, 5) is 11.7. The predicted octanol–water partition coefficient (Wildman–Crippen LogP) is 4.78. The fraction of sp³-hybridized carbons (Fsp3) is 0.148. The molecule has 5 aromatic rings. The molecular formula is C27H23FN6O. The number of hydrogen-bond donors (Lipinski definition) is 1. The second-order valence-electron chi connectivity index (χ2n) is 8.49. The quantitative estimate of drug-likeness (QED) is 0.411. The summed E-state index contributed by atoms with van der Waals surface area (Å²) >= 11 is 0. The van der Waals surface area contributed by atoms with Gasteiger partial charge in [-0.15, -0.1) is 5.10 Å². The molecule has 0 unspecified atom stereocenters. The lowest BCUT2D eigenvalue weighted by atomic mass is 10.0. The smallest absolute Gasteiger partial charge is 0.228 e. The van der Waals surface area contributed by atoms with Crippen LogP contribution in [0.4, 0.5) is 16.2 Å². The van der Waals surface area contributed by atoms with Crippen LogP contribution in [-0.4, -0.2) is 33.4 Å². The van der Waals surface area contributed by atoms with E-state index in [1.807, 2.05) is 36.4 Å². The summed E-state index contributed by atoms with van der Waals surface area (Å²) in [6, 6.07) is 22.6. The third-order valence-corrected chi connectivity index (χ3v) is 6.40. The van der Waals surface area contributed by atoms with Gasteiger partial charge in [0.2, 0.25) is 5.95 Å². The minimum atomic E-state index is -0.453. The number of aromatic nitrogens is 4. The number of nitrogens with zero attached hydrogens (tertiary/aromatic N) is 5. The van der Waals surface area contributed by atoms with Crippen molar-refractivity contribution in [3.05, 3.63) is 89.7 Å². The summed E-state index contributed by atoms with van der Waals surface area (Å²) < 4.78 is 22.1. The van der Waals surface area contributed by atoms with Crippen LogP contribution in [0.15, 0.2) is 72.8 Å². The number of fused-ring (bicyclic) bond motifs is 2.